The van der Waals surface area contributed by atoms with E-state index >= 15 is 0 Å². The molecule has 0 rings (SSSR count). The monoisotopic (exact) mass is 245 g/mol. The highest BCUT2D eigenvalue weighted by Crippen LogP contribution is 1.95. The van der Waals surface area contributed by atoms with Crippen molar-refractivity contribution in [3.05, 3.63) is 12.2 Å². The molecule has 7 heteroatoms. The maximum atomic E-state index is 11.1. The van der Waals surface area contributed by atoms with Crippen LogP contribution in [0.25, 0.3) is 0 Å². The molecule has 0 heterocycles. The Morgan fingerprint density at radius 1 is 1.29 bits per heavy atom. The van der Waals surface area contributed by atoms with Crippen molar-refractivity contribution in [1.82, 2.24) is 4.90 Å². The van der Waals surface area contributed by atoms with E-state index < -0.39 is 17.8 Å². The second-order valence-electron chi connectivity index (χ2n) is 3.24. The number of hydrogen-bond donors (Lipinski definition) is 2. The Labute approximate surface area is 98.3 Å². The zero-order chi connectivity index (χ0) is 13.4. The van der Waals surface area contributed by atoms with Crippen LogP contribution in [0.1, 0.15) is 6.92 Å². The lowest BCUT2D eigenvalue weighted by atomic mass is 10.4. The van der Waals surface area contributed by atoms with Gasteiger partial charge in [0.2, 0.25) is 0 Å². The lowest BCUT2D eigenvalue weighted by Gasteiger charge is -2.19. The van der Waals surface area contributed by atoms with Gasteiger partial charge in [0.15, 0.2) is 0 Å². The molecule has 7 nitrogen and oxygen atoms in total. The van der Waals surface area contributed by atoms with Crippen molar-refractivity contribution in [2.45, 2.75) is 6.92 Å². The molecule has 0 aliphatic heterocycles. The normalized spacial score (nSPS) is 9.53. The molecule has 0 aliphatic carbocycles. The van der Waals surface area contributed by atoms with E-state index in [4.69, 9.17) is 14.9 Å². The maximum Gasteiger partial charge on any atom is 0.394 e. The summed E-state index contributed by atoms with van der Waals surface area (Å²) in [5.41, 5.74) is 0.211. The third-order valence-corrected chi connectivity index (χ3v) is 1.78. The average molecular weight is 245 g/mol. The molecule has 0 fully saturated rings. The summed E-state index contributed by atoms with van der Waals surface area (Å²) in [7, 11) is 0. The molecule has 0 bridgehead atoms. The molecule has 17 heavy (non-hydrogen) atoms. The van der Waals surface area contributed by atoms with Gasteiger partial charge in [-0.2, -0.15) is 0 Å². The molecule has 0 unspecified atom stereocenters. The number of aliphatic carboxylic acids is 1. The van der Waals surface area contributed by atoms with Crippen LogP contribution in [0.5, 0.6) is 0 Å². The van der Waals surface area contributed by atoms with Crippen LogP contribution in [-0.4, -0.2) is 59.3 Å². The number of rotatable bonds is 6. The first-order valence-electron chi connectivity index (χ1n) is 4.85. The van der Waals surface area contributed by atoms with Crippen LogP contribution in [0.2, 0.25) is 0 Å². The van der Waals surface area contributed by atoms with Gasteiger partial charge in [-0.25, -0.2) is 9.59 Å². The van der Waals surface area contributed by atoms with E-state index in [9.17, 15) is 14.4 Å². The quantitative estimate of drug-likeness (QED) is 0.354. The first kappa shape index (κ1) is 15.1. The molecule has 0 atom stereocenters. The number of carboxylic acids is 1. The highest BCUT2D eigenvalue weighted by molar-refractivity contribution is 6.31. The van der Waals surface area contributed by atoms with E-state index in [1.807, 2.05) is 0 Å². The topological polar surface area (TPSA) is 104 Å². The van der Waals surface area contributed by atoms with E-state index in [-0.39, 0.29) is 31.9 Å². The van der Waals surface area contributed by atoms with Crippen molar-refractivity contribution in [1.29, 1.82) is 0 Å². The molecule has 0 aromatic rings. The summed E-state index contributed by atoms with van der Waals surface area (Å²) in [4.78, 5) is 33.4. The van der Waals surface area contributed by atoms with Gasteiger partial charge in [-0.1, -0.05) is 6.58 Å². The zero-order valence-corrected chi connectivity index (χ0v) is 9.51. The van der Waals surface area contributed by atoms with Gasteiger partial charge in [-0.05, 0) is 6.92 Å². The molecular weight excluding hydrogens is 230 g/mol. The largest absolute Gasteiger partial charge is 0.474 e. The third-order valence-electron chi connectivity index (χ3n) is 1.78. The van der Waals surface area contributed by atoms with Gasteiger partial charge >= 0.3 is 17.8 Å². The molecular formula is C10H15NO6. The minimum atomic E-state index is -1.62. The number of amides is 1. The summed E-state index contributed by atoms with van der Waals surface area (Å²) in [6.45, 7) is 4.09. The predicted molar refractivity (Wildman–Crippen MR) is 57.1 cm³/mol. The first-order chi connectivity index (χ1) is 7.90. The molecule has 0 saturated heterocycles. The summed E-state index contributed by atoms with van der Waals surface area (Å²) < 4.78 is 4.70. The average Bonchev–Trinajstić information content (AvgIpc) is 2.26. The number of carbonyl (C=O) groups excluding carboxylic acids is 2. The minimum absolute atomic E-state index is 0.0925. The highest BCUT2D eigenvalue weighted by Gasteiger charge is 2.20. The number of carbonyl (C=O) groups is 3. The summed E-state index contributed by atoms with van der Waals surface area (Å²) in [5.74, 6) is -3.38. The predicted octanol–water partition coefficient (Wildman–Crippen LogP) is -0.989. The van der Waals surface area contributed by atoms with E-state index in [0.717, 1.165) is 4.90 Å². The van der Waals surface area contributed by atoms with Crippen molar-refractivity contribution in [2.24, 2.45) is 0 Å². The molecule has 0 aromatic heterocycles. The van der Waals surface area contributed by atoms with E-state index in [1.54, 1.807) is 0 Å². The smallest absolute Gasteiger partial charge is 0.394 e. The van der Waals surface area contributed by atoms with E-state index in [1.165, 1.54) is 6.92 Å². The number of ether oxygens (including phenoxy) is 1. The summed E-state index contributed by atoms with van der Waals surface area (Å²) >= 11 is 0. The Morgan fingerprint density at radius 3 is 2.29 bits per heavy atom. The van der Waals surface area contributed by atoms with Crippen molar-refractivity contribution >= 4 is 17.8 Å². The van der Waals surface area contributed by atoms with Crippen LogP contribution in [0.15, 0.2) is 12.2 Å². The molecule has 0 saturated carbocycles. The Bertz CT molecular complexity index is 325. The van der Waals surface area contributed by atoms with Gasteiger partial charge in [-0.15, -0.1) is 0 Å². The van der Waals surface area contributed by atoms with Crippen LogP contribution >= 0.6 is 0 Å². The van der Waals surface area contributed by atoms with Crippen molar-refractivity contribution in [3.8, 4) is 0 Å². The van der Waals surface area contributed by atoms with Gasteiger partial charge < -0.3 is 19.8 Å². The van der Waals surface area contributed by atoms with E-state index in [0.29, 0.717) is 0 Å². The fourth-order valence-electron chi connectivity index (χ4n) is 0.943. The highest BCUT2D eigenvalue weighted by atomic mass is 16.5. The Morgan fingerprint density at radius 2 is 1.88 bits per heavy atom. The summed E-state index contributed by atoms with van der Waals surface area (Å²) in [6, 6.07) is 0. The number of nitrogens with zero attached hydrogens (tertiary/aromatic N) is 1. The molecule has 0 spiro atoms. The van der Waals surface area contributed by atoms with Gasteiger partial charge in [0.25, 0.3) is 0 Å². The Hall–Kier alpha value is -1.89. The van der Waals surface area contributed by atoms with Crippen molar-refractivity contribution < 1.29 is 29.3 Å². The van der Waals surface area contributed by atoms with Crippen molar-refractivity contribution in [3.63, 3.8) is 0 Å². The SMILES string of the molecule is C=C(C)C(=O)OCCN(CCO)C(=O)C(=O)O. The second kappa shape index (κ2) is 7.39. The molecule has 96 valence electrons. The number of aliphatic hydroxyl groups excluding tert-OH is 1. The van der Waals surface area contributed by atoms with E-state index in [2.05, 4.69) is 6.58 Å². The Kier molecular flexibility index (Phi) is 6.57. The number of aliphatic hydroxyl groups is 1. The van der Waals surface area contributed by atoms with Gasteiger partial charge in [0.05, 0.1) is 13.2 Å². The van der Waals surface area contributed by atoms with Gasteiger partial charge in [-0.3, -0.25) is 4.79 Å². The summed E-state index contributed by atoms with van der Waals surface area (Å²) in [5, 5.41) is 17.1. The lowest BCUT2D eigenvalue weighted by Crippen LogP contribution is -2.40. The second-order valence-corrected chi connectivity index (χ2v) is 3.24. The molecule has 0 aromatic carbocycles. The standard InChI is InChI=1S/C10H15NO6/c1-7(2)10(16)17-6-4-11(3-5-12)8(13)9(14)15/h12H,1,3-6H2,2H3,(H,14,15). The first-order valence-corrected chi connectivity index (χ1v) is 4.85. The third kappa shape index (κ3) is 5.67. The van der Waals surface area contributed by atoms with Crippen LogP contribution in [0.4, 0.5) is 0 Å². The van der Waals surface area contributed by atoms with Crippen LogP contribution in [0, 0.1) is 0 Å². The van der Waals surface area contributed by atoms with Crippen LogP contribution in [0.3, 0.4) is 0 Å². The number of carboxylic acid groups (broad SMARTS) is 1. The minimum Gasteiger partial charge on any atom is -0.474 e. The number of hydrogen-bond acceptors (Lipinski definition) is 5. The number of esters is 1. The zero-order valence-electron chi connectivity index (χ0n) is 9.51. The van der Waals surface area contributed by atoms with Gasteiger partial charge in [0, 0.05) is 12.1 Å². The fraction of sp³-hybridized carbons (Fsp3) is 0.500. The van der Waals surface area contributed by atoms with Crippen LogP contribution in [-0.2, 0) is 19.1 Å². The lowest BCUT2D eigenvalue weighted by molar-refractivity contribution is -0.157. The van der Waals surface area contributed by atoms with Gasteiger partial charge in [0.1, 0.15) is 6.61 Å². The van der Waals surface area contributed by atoms with Crippen LogP contribution < -0.4 is 0 Å². The maximum absolute atomic E-state index is 11.1. The molecule has 0 aliphatic rings. The Balaban J connectivity index is 4.19. The molecule has 1 amide bonds. The van der Waals surface area contributed by atoms with Crippen molar-refractivity contribution in [2.75, 3.05) is 26.3 Å². The molecule has 0 radical (unpaired) electrons. The summed E-state index contributed by atoms with van der Waals surface area (Å²) in [6.07, 6.45) is 0. The fourth-order valence-corrected chi connectivity index (χ4v) is 0.943. The molecule has 2 N–H and O–H groups in total.